The zero-order valence-electron chi connectivity index (χ0n) is 18.1. The Morgan fingerprint density at radius 3 is 2.59 bits per heavy atom. The summed E-state index contributed by atoms with van der Waals surface area (Å²) < 4.78 is 5.90. The monoisotopic (exact) mass is 429 g/mol. The lowest BCUT2D eigenvalue weighted by atomic mass is 9.98. The quantitative estimate of drug-likeness (QED) is 0.279. The molecule has 1 heterocycles. The maximum absolute atomic E-state index is 12.6. The van der Waals surface area contributed by atoms with Crippen molar-refractivity contribution in [2.24, 2.45) is 0 Å². The van der Waals surface area contributed by atoms with Crippen LogP contribution >= 0.6 is 0 Å². The summed E-state index contributed by atoms with van der Waals surface area (Å²) >= 11 is 0. The third-order valence-corrected chi connectivity index (χ3v) is 5.73. The second kappa shape index (κ2) is 8.63. The topological polar surface area (TPSA) is 98.3 Å². The molecule has 162 valence electrons. The lowest BCUT2D eigenvalue weighted by Crippen LogP contribution is -2.14. The average Bonchev–Trinajstić information content (AvgIpc) is 3.22. The second-order valence-corrected chi connectivity index (χ2v) is 7.79. The highest BCUT2D eigenvalue weighted by Crippen LogP contribution is 2.29. The summed E-state index contributed by atoms with van der Waals surface area (Å²) in [5.41, 5.74) is 4.64. The Bertz CT molecular complexity index is 1310. The van der Waals surface area contributed by atoms with Crippen molar-refractivity contribution >= 4 is 28.4 Å². The van der Waals surface area contributed by atoms with Crippen molar-refractivity contribution < 1.29 is 14.1 Å². The highest BCUT2D eigenvalue weighted by molar-refractivity contribution is 6.05. The van der Waals surface area contributed by atoms with Crippen molar-refractivity contribution in [3.8, 4) is 11.5 Å². The summed E-state index contributed by atoms with van der Waals surface area (Å²) in [5.74, 6) is 0.559. The molecular formula is C25H23N3O4. The third-order valence-electron chi connectivity index (χ3n) is 5.73. The maximum atomic E-state index is 12.6. The van der Waals surface area contributed by atoms with Crippen LogP contribution in [0.2, 0.25) is 0 Å². The summed E-state index contributed by atoms with van der Waals surface area (Å²) in [6, 6.07) is 17.7. The molecule has 1 N–H and O–H groups in total. The molecule has 1 aromatic heterocycles. The summed E-state index contributed by atoms with van der Waals surface area (Å²) in [7, 11) is 0. The number of rotatable bonds is 6. The van der Waals surface area contributed by atoms with Gasteiger partial charge in [0.05, 0.1) is 4.92 Å². The standard InChI is InChI=1S/C25H23N3O4/c1-4-15(2)18-10-13-23-21(14-18)27-25(32-23)17-8-11-19(12-9-17)26-24(29)20-6-5-7-22(16(20)3)28(30)31/h5-15H,4H2,1-3H3,(H,26,29)/t15-/m1/s1. The molecule has 7 nitrogen and oxygen atoms in total. The molecule has 0 aliphatic carbocycles. The minimum atomic E-state index is -0.493. The minimum absolute atomic E-state index is 0.0829. The fourth-order valence-corrected chi connectivity index (χ4v) is 3.57. The molecule has 0 unspecified atom stereocenters. The number of aromatic nitrogens is 1. The van der Waals surface area contributed by atoms with Gasteiger partial charge in [-0.3, -0.25) is 14.9 Å². The summed E-state index contributed by atoms with van der Waals surface area (Å²) in [5, 5.41) is 13.9. The van der Waals surface area contributed by atoms with Gasteiger partial charge in [-0.1, -0.05) is 26.0 Å². The molecule has 1 atom stereocenters. The van der Waals surface area contributed by atoms with Crippen LogP contribution in [0.15, 0.2) is 65.1 Å². The van der Waals surface area contributed by atoms with E-state index in [1.54, 1.807) is 25.1 Å². The number of oxazole rings is 1. The molecule has 1 amide bonds. The Morgan fingerprint density at radius 1 is 1.16 bits per heavy atom. The molecule has 3 aromatic carbocycles. The van der Waals surface area contributed by atoms with Crippen LogP contribution in [-0.2, 0) is 0 Å². The van der Waals surface area contributed by atoms with E-state index in [-0.39, 0.29) is 11.3 Å². The van der Waals surface area contributed by atoms with Gasteiger partial charge in [-0.15, -0.1) is 0 Å². The first kappa shape index (κ1) is 21.2. The minimum Gasteiger partial charge on any atom is -0.436 e. The first-order valence-electron chi connectivity index (χ1n) is 10.4. The van der Waals surface area contributed by atoms with Crippen LogP contribution in [-0.4, -0.2) is 15.8 Å². The van der Waals surface area contributed by atoms with E-state index in [2.05, 4.69) is 36.3 Å². The number of hydrogen-bond donors (Lipinski definition) is 1. The highest BCUT2D eigenvalue weighted by Gasteiger charge is 2.18. The number of amides is 1. The Morgan fingerprint density at radius 2 is 1.91 bits per heavy atom. The highest BCUT2D eigenvalue weighted by atomic mass is 16.6. The molecular weight excluding hydrogens is 406 g/mol. The van der Waals surface area contributed by atoms with Gasteiger partial charge in [-0.25, -0.2) is 4.98 Å². The van der Waals surface area contributed by atoms with Crippen molar-refractivity contribution in [1.82, 2.24) is 4.98 Å². The average molecular weight is 429 g/mol. The van der Waals surface area contributed by atoms with Crippen LogP contribution in [0.5, 0.6) is 0 Å². The molecule has 32 heavy (non-hydrogen) atoms. The molecule has 0 bridgehead atoms. The lowest BCUT2D eigenvalue weighted by Gasteiger charge is -2.08. The van der Waals surface area contributed by atoms with E-state index >= 15 is 0 Å². The normalized spacial score (nSPS) is 12.0. The number of nitro groups is 1. The second-order valence-electron chi connectivity index (χ2n) is 7.79. The smallest absolute Gasteiger partial charge is 0.273 e. The number of carbonyl (C=O) groups is 1. The van der Waals surface area contributed by atoms with E-state index in [1.165, 1.54) is 17.7 Å². The molecule has 0 aliphatic heterocycles. The van der Waals surface area contributed by atoms with Crippen LogP contribution in [0.25, 0.3) is 22.6 Å². The van der Waals surface area contributed by atoms with Crippen molar-refractivity contribution in [3.05, 3.63) is 87.5 Å². The van der Waals surface area contributed by atoms with Crippen LogP contribution in [0.1, 0.15) is 47.7 Å². The molecule has 0 fully saturated rings. The molecule has 0 saturated carbocycles. The number of nitrogens with zero attached hydrogens (tertiary/aromatic N) is 2. The van der Waals surface area contributed by atoms with Crippen molar-refractivity contribution in [2.75, 3.05) is 5.32 Å². The van der Waals surface area contributed by atoms with E-state index in [0.717, 1.165) is 23.1 Å². The largest absolute Gasteiger partial charge is 0.436 e. The van der Waals surface area contributed by atoms with Gasteiger partial charge >= 0.3 is 0 Å². The van der Waals surface area contributed by atoms with Crippen LogP contribution < -0.4 is 5.32 Å². The van der Waals surface area contributed by atoms with Crippen molar-refractivity contribution in [3.63, 3.8) is 0 Å². The van der Waals surface area contributed by atoms with E-state index in [0.29, 0.717) is 23.1 Å². The Kier molecular flexibility index (Phi) is 5.73. The van der Waals surface area contributed by atoms with E-state index < -0.39 is 10.8 Å². The Labute approximate surface area is 185 Å². The first-order chi connectivity index (χ1) is 15.4. The molecule has 4 aromatic rings. The molecule has 4 rings (SSSR count). The molecule has 0 spiro atoms. The van der Waals surface area contributed by atoms with Gasteiger partial charge in [-0.2, -0.15) is 0 Å². The summed E-state index contributed by atoms with van der Waals surface area (Å²) in [6.45, 7) is 5.91. The zero-order chi connectivity index (χ0) is 22.8. The summed E-state index contributed by atoms with van der Waals surface area (Å²) in [4.78, 5) is 27.9. The fraction of sp³-hybridized carbons (Fsp3) is 0.200. The van der Waals surface area contributed by atoms with Gasteiger partial charge in [0.2, 0.25) is 5.89 Å². The molecule has 0 radical (unpaired) electrons. The molecule has 0 aliphatic rings. The van der Waals surface area contributed by atoms with Crippen LogP contribution in [0.4, 0.5) is 11.4 Å². The van der Waals surface area contributed by atoms with E-state index in [9.17, 15) is 14.9 Å². The lowest BCUT2D eigenvalue weighted by molar-refractivity contribution is -0.385. The number of nitrogens with one attached hydrogen (secondary N) is 1. The number of carbonyl (C=O) groups excluding carboxylic acids is 1. The van der Waals surface area contributed by atoms with Gasteiger partial charge in [0.15, 0.2) is 5.58 Å². The van der Waals surface area contributed by atoms with Gasteiger partial charge in [0.1, 0.15) is 5.52 Å². The maximum Gasteiger partial charge on any atom is 0.273 e. The molecule has 0 saturated heterocycles. The number of anilines is 1. The van der Waals surface area contributed by atoms with Gasteiger partial charge < -0.3 is 9.73 Å². The van der Waals surface area contributed by atoms with Gasteiger partial charge in [0.25, 0.3) is 11.6 Å². The SMILES string of the molecule is CC[C@@H](C)c1ccc2oc(-c3ccc(NC(=O)c4cccc([N+](=O)[O-])c4C)cc3)nc2c1. The van der Waals surface area contributed by atoms with Crippen LogP contribution in [0.3, 0.4) is 0 Å². The Balaban J connectivity index is 1.54. The van der Waals surface area contributed by atoms with Crippen LogP contribution in [0, 0.1) is 17.0 Å². The van der Waals surface area contributed by atoms with E-state index in [1.807, 2.05) is 18.2 Å². The van der Waals surface area contributed by atoms with Crippen molar-refractivity contribution in [2.45, 2.75) is 33.1 Å². The number of nitro benzene ring substituents is 1. The number of benzene rings is 3. The van der Waals surface area contributed by atoms with Crippen molar-refractivity contribution in [1.29, 1.82) is 0 Å². The predicted octanol–water partition coefficient (Wildman–Crippen LogP) is 6.48. The predicted molar refractivity (Wildman–Crippen MR) is 124 cm³/mol. The van der Waals surface area contributed by atoms with E-state index in [4.69, 9.17) is 4.42 Å². The third kappa shape index (κ3) is 4.09. The summed E-state index contributed by atoms with van der Waals surface area (Å²) in [6.07, 6.45) is 1.05. The fourth-order valence-electron chi connectivity index (χ4n) is 3.57. The Hall–Kier alpha value is -4.00. The first-order valence-corrected chi connectivity index (χ1v) is 10.4. The zero-order valence-corrected chi connectivity index (χ0v) is 18.1. The molecule has 7 heteroatoms. The van der Waals surface area contributed by atoms with Gasteiger partial charge in [-0.05, 0) is 67.3 Å². The number of fused-ring (bicyclic) bond motifs is 1. The number of hydrogen-bond acceptors (Lipinski definition) is 5. The van der Waals surface area contributed by atoms with Gasteiger partial charge in [0, 0.05) is 28.4 Å².